The SMILES string of the molecule is CC(C)(C)[S]. The lowest BCUT2D eigenvalue weighted by Crippen LogP contribution is -1.99. The second-order valence-electron chi connectivity index (χ2n) is 2.11. The molecule has 0 saturated heterocycles. The summed E-state index contributed by atoms with van der Waals surface area (Å²) < 4.78 is 0.0833. The van der Waals surface area contributed by atoms with Gasteiger partial charge in [-0.1, -0.05) is 33.4 Å². The van der Waals surface area contributed by atoms with Crippen molar-refractivity contribution in [3.63, 3.8) is 0 Å². The molecule has 0 fully saturated rings. The molecule has 0 bridgehead atoms. The molecule has 0 nitrogen and oxygen atoms in total. The Balaban J connectivity index is 3.02. The summed E-state index contributed by atoms with van der Waals surface area (Å²) in [5.41, 5.74) is 0. The van der Waals surface area contributed by atoms with Gasteiger partial charge in [-0.25, -0.2) is 0 Å². The van der Waals surface area contributed by atoms with Gasteiger partial charge in [0.1, 0.15) is 0 Å². The van der Waals surface area contributed by atoms with Crippen molar-refractivity contribution in [3.05, 3.63) is 0 Å². The molecule has 0 heterocycles. The first-order valence-corrected chi connectivity index (χ1v) is 2.11. The van der Waals surface area contributed by atoms with Crippen molar-refractivity contribution in [2.45, 2.75) is 25.5 Å². The first-order chi connectivity index (χ1) is 2.00. The largest absolute Gasteiger partial charge is 0.0876 e. The van der Waals surface area contributed by atoms with Crippen molar-refractivity contribution in [1.82, 2.24) is 0 Å². The van der Waals surface area contributed by atoms with Crippen LogP contribution in [0.15, 0.2) is 0 Å². The summed E-state index contributed by atoms with van der Waals surface area (Å²) in [6.07, 6.45) is 0. The van der Waals surface area contributed by atoms with Crippen LogP contribution in [0.25, 0.3) is 0 Å². The van der Waals surface area contributed by atoms with Crippen LogP contribution in [0.4, 0.5) is 0 Å². The zero-order valence-corrected chi connectivity index (χ0v) is 4.72. The lowest BCUT2D eigenvalue weighted by atomic mass is 10.3. The van der Waals surface area contributed by atoms with E-state index in [-0.39, 0.29) is 4.75 Å². The van der Waals surface area contributed by atoms with E-state index >= 15 is 0 Å². The molecular weight excluding hydrogens is 80.1 g/mol. The Bertz CT molecular complexity index is 19.1. The van der Waals surface area contributed by atoms with Gasteiger partial charge in [0.2, 0.25) is 0 Å². The van der Waals surface area contributed by atoms with E-state index in [0.29, 0.717) is 0 Å². The fourth-order valence-electron chi connectivity index (χ4n) is 0. The van der Waals surface area contributed by atoms with Crippen LogP contribution in [-0.2, 0) is 0 Å². The minimum absolute atomic E-state index is 0.0833. The van der Waals surface area contributed by atoms with E-state index < -0.39 is 0 Å². The van der Waals surface area contributed by atoms with Crippen LogP contribution < -0.4 is 0 Å². The van der Waals surface area contributed by atoms with Gasteiger partial charge in [0, 0.05) is 4.75 Å². The molecule has 0 aromatic rings. The normalized spacial score (nSPS) is 12.0. The summed E-state index contributed by atoms with van der Waals surface area (Å²) in [6, 6.07) is 0. The summed E-state index contributed by atoms with van der Waals surface area (Å²) in [4.78, 5) is 0. The molecule has 0 aromatic carbocycles. The van der Waals surface area contributed by atoms with Crippen LogP contribution in [0.1, 0.15) is 20.8 Å². The third kappa shape index (κ3) is 196. The summed E-state index contributed by atoms with van der Waals surface area (Å²) in [5.74, 6) is 0. The van der Waals surface area contributed by atoms with Gasteiger partial charge < -0.3 is 0 Å². The van der Waals surface area contributed by atoms with E-state index in [0.717, 1.165) is 0 Å². The molecule has 0 aliphatic heterocycles. The lowest BCUT2D eigenvalue weighted by molar-refractivity contribution is 0.812. The van der Waals surface area contributed by atoms with Crippen LogP contribution >= 0.6 is 12.6 Å². The van der Waals surface area contributed by atoms with Crippen LogP contribution in [-0.4, -0.2) is 4.75 Å². The maximum absolute atomic E-state index is 4.83. The molecule has 0 aromatic heterocycles. The van der Waals surface area contributed by atoms with Gasteiger partial charge in [0.05, 0.1) is 0 Å². The molecule has 0 aliphatic carbocycles. The van der Waals surface area contributed by atoms with E-state index in [2.05, 4.69) is 0 Å². The second kappa shape index (κ2) is 1.21. The highest BCUT2D eigenvalue weighted by molar-refractivity contribution is 7.81. The van der Waals surface area contributed by atoms with Crippen molar-refractivity contribution in [2.75, 3.05) is 0 Å². The monoisotopic (exact) mass is 89.0 g/mol. The van der Waals surface area contributed by atoms with Crippen LogP contribution in [0.3, 0.4) is 0 Å². The van der Waals surface area contributed by atoms with E-state index in [9.17, 15) is 0 Å². The molecule has 31 valence electrons. The van der Waals surface area contributed by atoms with Crippen LogP contribution in [0, 0.1) is 0 Å². The zero-order chi connectivity index (χ0) is 4.50. The van der Waals surface area contributed by atoms with Crippen molar-refractivity contribution in [1.29, 1.82) is 0 Å². The standard InChI is InChI=1S/C4H9S/c1-4(2,3)5/h1-3H3. The average Bonchev–Trinajstić information content (AvgIpc) is 0.722. The number of hydrogen-bond donors (Lipinski definition) is 0. The maximum Gasteiger partial charge on any atom is 0.0179 e. The summed E-state index contributed by atoms with van der Waals surface area (Å²) >= 11 is 4.83. The molecule has 0 N–H and O–H groups in total. The fraction of sp³-hybridized carbons (Fsp3) is 1.00. The van der Waals surface area contributed by atoms with E-state index in [1.54, 1.807) is 0 Å². The second-order valence-corrected chi connectivity index (χ2v) is 3.34. The Morgan fingerprint density at radius 2 is 1.20 bits per heavy atom. The smallest absolute Gasteiger partial charge is 0.0179 e. The van der Waals surface area contributed by atoms with Crippen molar-refractivity contribution in [3.8, 4) is 0 Å². The predicted octanol–water partition coefficient (Wildman–Crippen LogP) is 1.98. The van der Waals surface area contributed by atoms with Gasteiger partial charge in [0.25, 0.3) is 0 Å². The molecule has 0 atom stereocenters. The minimum atomic E-state index is 0.0833. The van der Waals surface area contributed by atoms with Gasteiger partial charge in [-0.3, -0.25) is 0 Å². The minimum Gasteiger partial charge on any atom is -0.0876 e. The van der Waals surface area contributed by atoms with E-state index in [1.807, 2.05) is 20.8 Å². The molecule has 0 rings (SSSR count). The molecule has 0 spiro atoms. The molecule has 0 amide bonds. The van der Waals surface area contributed by atoms with Gasteiger partial charge in [-0.05, 0) is 0 Å². The fourth-order valence-corrected chi connectivity index (χ4v) is 0. The third-order valence-corrected chi connectivity index (χ3v) is 0. The molecule has 5 heavy (non-hydrogen) atoms. The molecule has 1 heteroatoms. The highest BCUT2D eigenvalue weighted by Crippen LogP contribution is 2.07. The van der Waals surface area contributed by atoms with Crippen LogP contribution in [0.2, 0.25) is 0 Å². The van der Waals surface area contributed by atoms with Crippen LogP contribution in [0.5, 0.6) is 0 Å². The number of hydrogen-bond acceptors (Lipinski definition) is 0. The Morgan fingerprint density at radius 3 is 1.20 bits per heavy atom. The van der Waals surface area contributed by atoms with Gasteiger partial charge in [0.15, 0.2) is 0 Å². The van der Waals surface area contributed by atoms with Crippen molar-refractivity contribution >= 4 is 12.6 Å². The maximum atomic E-state index is 4.83. The third-order valence-electron chi connectivity index (χ3n) is 0. The van der Waals surface area contributed by atoms with Gasteiger partial charge >= 0.3 is 0 Å². The molecule has 1 radical (unpaired) electrons. The molecule has 0 aliphatic rings. The first-order valence-electron chi connectivity index (χ1n) is 1.70. The van der Waals surface area contributed by atoms with Gasteiger partial charge in [-0.15, -0.1) is 0 Å². The molecular formula is C4H9S. The summed E-state index contributed by atoms with van der Waals surface area (Å²) in [7, 11) is 0. The van der Waals surface area contributed by atoms with Crippen molar-refractivity contribution in [2.24, 2.45) is 0 Å². The Hall–Kier alpha value is 0.350. The first kappa shape index (κ1) is 5.35. The molecule has 0 saturated carbocycles. The highest BCUT2D eigenvalue weighted by Gasteiger charge is 1.98. The highest BCUT2D eigenvalue weighted by atomic mass is 32.1. The average molecular weight is 89.2 g/mol. The topological polar surface area (TPSA) is 0 Å². The Morgan fingerprint density at radius 1 is 1.20 bits per heavy atom. The summed E-state index contributed by atoms with van der Waals surface area (Å²) in [5, 5.41) is 0. The molecule has 0 unspecified atom stereocenters. The summed E-state index contributed by atoms with van der Waals surface area (Å²) in [6.45, 7) is 6.01. The quantitative estimate of drug-likeness (QED) is 0.425. The Kier molecular flexibility index (Phi) is 1.30. The van der Waals surface area contributed by atoms with E-state index in [1.165, 1.54) is 0 Å². The number of rotatable bonds is 0. The Labute approximate surface area is 39.0 Å². The van der Waals surface area contributed by atoms with E-state index in [4.69, 9.17) is 12.6 Å². The predicted molar refractivity (Wildman–Crippen MR) is 27.3 cm³/mol. The van der Waals surface area contributed by atoms with Gasteiger partial charge in [-0.2, -0.15) is 0 Å². The zero-order valence-electron chi connectivity index (χ0n) is 3.91. The van der Waals surface area contributed by atoms with Crippen molar-refractivity contribution < 1.29 is 0 Å². The lowest BCUT2D eigenvalue weighted by Gasteiger charge is -2.02.